The van der Waals surface area contributed by atoms with E-state index in [0.717, 1.165) is 26.2 Å². The number of rotatable bonds is 4. The van der Waals surface area contributed by atoms with Gasteiger partial charge in [0.25, 0.3) is 0 Å². The number of carbonyl (C=O) groups is 1. The van der Waals surface area contributed by atoms with Crippen LogP contribution in [0.5, 0.6) is 0 Å². The number of nitrogens with zero attached hydrogens (tertiary/aromatic N) is 3. The highest BCUT2D eigenvalue weighted by Crippen LogP contribution is 2.39. The van der Waals surface area contributed by atoms with Crippen molar-refractivity contribution in [3.63, 3.8) is 0 Å². The van der Waals surface area contributed by atoms with Gasteiger partial charge in [-0.05, 0) is 39.3 Å². The highest BCUT2D eigenvalue weighted by atomic mass is 16.2. The molecule has 2 atom stereocenters. The van der Waals surface area contributed by atoms with Gasteiger partial charge in [0, 0.05) is 49.4 Å². The molecule has 2 aliphatic rings. The van der Waals surface area contributed by atoms with Crippen molar-refractivity contribution in [2.24, 2.45) is 5.92 Å². The zero-order valence-electron chi connectivity index (χ0n) is 16.3. The van der Waals surface area contributed by atoms with Gasteiger partial charge in [-0.15, -0.1) is 0 Å². The van der Waals surface area contributed by atoms with Crippen molar-refractivity contribution in [1.29, 1.82) is 0 Å². The Morgan fingerprint density at radius 3 is 2.65 bits per heavy atom. The Bertz CT molecular complexity index is 859. The average Bonchev–Trinajstić information content (AvgIpc) is 3.06. The average molecular weight is 351 g/mol. The van der Waals surface area contributed by atoms with E-state index in [4.69, 9.17) is 0 Å². The number of aromatic nitrogens is 1. The third-order valence-corrected chi connectivity index (χ3v) is 6.07. The van der Waals surface area contributed by atoms with Crippen molar-refractivity contribution in [2.75, 3.05) is 19.6 Å². The quantitative estimate of drug-likeness (QED) is 0.842. The summed E-state index contributed by atoms with van der Waals surface area (Å²) in [6.45, 7) is 12.0. The SMILES string of the molecule is CCN(CC)C(=O)[C@@H]1C=C2c3cccc4ccn(c34)C[C@H]2N(C(C)C)C1. The molecule has 4 rings (SSSR count). The Balaban J connectivity index is 1.83. The molecule has 4 heteroatoms. The van der Waals surface area contributed by atoms with E-state index in [1.165, 1.54) is 22.0 Å². The minimum absolute atomic E-state index is 0.0553. The summed E-state index contributed by atoms with van der Waals surface area (Å²) in [7, 11) is 0. The Hall–Kier alpha value is -2.07. The minimum Gasteiger partial charge on any atom is -0.345 e. The van der Waals surface area contributed by atoms with Crippen molar-refractivity contribution in [2.45, 2.75) is 46.3 Å². The molecule has 26 heavy (non-hydrogen) atoms. The van der Waals surface area contributed by atoms with Gasteiger partial charge in [0.05, 0.1) is 17.5 Å². The monoisotopic (exact) mass is 351 g/mol. The maximum atomic E-state index is 13.1. The molecule has 0 saturated carbocycles. The molecule has 1 amide bonds. The Morgan fingerprint density at radius 2 is 1.96 bits per heavy atom. The third-order valence-electron chi connectivity index (χ3n) is 6.07. The molecule has 0 N–H and O–H groups in total. The number of hydrogen-bond acceptors (Lipinski definition) is 2. The first-order valence-corrected chi connectivity index (χ1v) is 9.89. The van der Waals surface area contributed by atoms with Crippen molar-refractivity contribution in [1.82, 2.24) is 14.4 Å². The van der Waals surface area contributed by atoms with Crippen LogP contribution >= 0.6 is 0 Å². The lowest BCUT2D eigenvalue weighted by molar-refractivity contribution is -0.134. The van der Waals surface area contributed by atoms with E-state index in [-0.39, 0.29) is 11.8 Å². The second kappa shape index (κ2) is 6.58. The largest absolute Gasteiger partial charge is 0.345 e. The van der Waals surface area contributed by atoms with E-state index in [1.54, 1.807) is 0 Å². The highest BCUT2D eigenvalue weighted by molar-refractivity contribution is 5.96. The smallest absolute Gasteiger partial charge is 0.230 e. The number of carbonyl (C=O) groups excluding carboxylic acids is 1. The molecule has 1 aromatic heterocycles. The maximum absolute atomic E-state index is 13.1. The summed E-state index contributed by atoms with van der Waals surface area (Å²) in [4.78, 5) is 17.6. The number of para-hydroxylation sites is 1. The predicted molar refractivity (Wildman–Crippen MR) is 107 cm³/mol. The summed E-state index contributed by atoms with van der Waals surface area (Å²) in [5.74, 6) is 0.208. The lowest BCUT2D eigenvalue weighted by Gasteiger charge is -2.44. The Morgan fingerprint density at radius 1 is 1.19 bits per heavy atom. The molecule has 0 radical (unpaired) electrons. The van der Waals surface area contributed by atoms with Crippen LogP contribution in [-0.2, 0) is 11.3 Å². The van der Waals surface area contributed by atoms with Gasteiger partial charge in [-0.1, -0.05) is 24.3 Å². The van der Waals surface area contributed by atoms with E-state index in [0.29, 0.717) is 12.1 Å². The lowest BCUT2D eigenvalue weighted by atomic mass is 9.84. The van der Waals surface area contributed by atoms with Crippen molar-refractivity contribution < 1.29 is 4.79 Å². The molecule has 0 saturated heterocycles. The predicted octanol–water partition coefficient (Wildman–Crippen LogP) is 3.62. The molecule has 3 heterocycles. The van der Waals surface area contributed by atoms with Crippen LogP contribution in [0.1, 0.15) is 33.3 Å². The molecular weight excluding hydrogens is 322 g/mol. The topological polar surface area (TPSA) is 28.5 Å². The zero-order valence-corrected chi connectivity index (χ0v) is 16.3. The summed E-state index contributed by atoms with van der Waals surface area (Å²) in [5.41, 5.74) is 3.95. The van der Waals surface area contributed by atoms with Gasteiger partial charge in [0.15, 0.2) is 0 Å². The second-order valence-electron chi connectivity index (χ2n) is 7.76. The van der Waals surface area contributed by atoms with Crippen LogP contribution in [0.15, 0.2) is 36.5 Å². The van der Waals surface area contributed by atoms with Crippen molar-refractivity contribution in [3.05, 3.63) is 42.1 Å². The first-order valence-electron chi connectivity index (χ1n) is 9.89. The molecule has 1 aromatic carbocycles. The zero-order chi connectivity index (χ0) is 18.4. The summed E-state index contributed by atoms with van der Waals surface area (Å²) in [5, 5.41) is 1.29. The van der Waals surface area contributed by atoms with Crippen molar-refractivity contribution in [3.8, 4) is 0 Å². The van der Waals surface area contributed by atoms with E-state index in [9.17, 15) is 4.79 Å². The molecule has 0 unspecified atom stereocenters. The maximum Gasteiger partial charge on any atom is 0.230 e. The van der Waals surface area contributed by atoms with Crippen LogP contribution < -0.4 is 0 Å². The highest BCUT2D eigenvalue weighted by Gasteiger charge is 2.38. The van der Waals surface area contributed by atoms with Crippen molar-refractivity contribution >= 4 is 22.4 Å². The summed E-state index contributed by atoms with van der Waals surface area (Å²) in [6.07, 6.45) is 4.48. The van der Waals surface area contributed by atoms with Crippen LogP contribution in [0, 0.1) is 5.92 Å². The fourth-order valence-corrected chi connectivity index (χ4v) is 4.71. The fraction of sp³-hybridized carbons (Fsp3) is 0.500. The molecule has 0 aliphatic carbocycles. The van der Waals surface area contributed by atoms with Crippen LogP contribution in [0.4, 0.5) is 0 Å². The number of benzene rings is 1. The van der Waals surface area contributed by atoms with Gasteiger partial charge in [-0.2, -0.15) is 0 Å². The molecule has 138 valence electrons. The molecule has 0 spiro atoms. The summed E-state index contributed by atoms with van der Waals surface area (Å²) < 4.78 is 2.38. The van der Waals surface area contributed by atoms with Gasteiger partial charge in [-0.25, -0.2) is 0 Å². The molecule has 2 aromatic rings. The van der Waals surface area contributed by atoms with Crippen LogP contribution in [0.25, 0.3) is 16.5 Å². The van der Waals surface area contributed by atoms with E-state index >= 15 is 0 Å². The summed E-state index contributed by atoms with van der Waals surface area (Å²) in [6, 6.07) is 9.50. The van der Waals surface area contributed by atoms with Crippen LogP contribution in [0.3, 0.4) is 0 Å². The number of fused-ring (bicyclic) bond motifs is 2. The standard InChI is InChI=1S/C22H29N3O/c1-5-23(6-2)22(26)17-12-19-18-9-7-8-16-10-11-24(21(16)18)14-20(19)25(13-17)15(3)4/h7-12,15,17,20H,5-6,13-14H2,1-4H3/t17-,20-/m1/s1. The fourth-order valence-electron chi connectivity index (χ4n) is 4.71. The number of amides is 1. The Labute approximate surface area is 156 Å². The van der Waals surface area contributed by atoms with Gasteiger partial charge >= 0.3 is 0 Å². The molecular formula is C22H29N3O. The van der Waals surface area contributed by atoms with E-state index in [2.05, 4.69) is 73.7 Å². The van der Waals surface area contributed by atoms with E-state index < -0.39 is 0 Å². The van der Waals surface area contributed by atoms with E-state index in [1.807, 2.05) is 4.90 Å². The third kappa shape index (κ3) is 2.59. The first-order chi connectivity index (χ1) is 12.5. The summed E-state index contributed by atoms with van der Waals surface area (Å²) >= 11 is 0. The number of hydrogen-bond donors (Lipinski definition) is 0. The molecule has 0 bridgehead atoms. The molecule has 4 nitrogen and oxygen atoms in total. The van der Waals surface area contributed by atoms with Gasteiger partial charge in [0.1, 0.15) is 0 Å². The van der Waals surface area contributed by atoms with Crippen LogP contribution in [0.2, 0.25) is 0 Å². The normalized spacial score (nSPS) is 22.4. The minimum atomic E-state index is -0.0553. The second-order valence-corrected chi connectivity index (χ2v) is 7.76. The Kier molecular flexibility index (Phi) is 4.39. The molecule has 0 fully saturated rings. The van der Waals surface area contributed by atoms with Crippen LogP contribution in [-0.4, -0.2) is 52.0 Å². The molecule has 2 aliphatic heterocycles. The van der Waals surface area contributed by atoms with Gasteiger partial charge in [0.2, 0.25) is 5.91 Å². The van der Waals surface area contributed by atoms with Gasteiger partial charge < -0.3 is 9.47 Å². The van der Waals surface area contributed by atoms with Gasteiger partial charge in [-0.3, -0.25) is 9.69 Å². The lowest BCUT2D eigenvalue weighted by Crippen LogP contribution is -2.52. The first kappa shape index (κ1) is 17.3.